The first kappa shape index (κ1) is 10.9. The predicted octanol–water partition coefficient (Wildman–Crippen LogP) is 2.42. The molecule has 70 valence electrons. The Kier molecular flexibility index (Phi) is 3.63. The summed E-state index contributed by atoms with van der Waals surface area (Å²) in [6.45, 7) is 0.175. The number of nitro groups is 1. The molecule has 0 heterocycles. The summed E-state index contributed by atoms with van der Waals surface area (Å²) in [5, 5.41) is 10.6. The molecule has 0 amide bonds. The number of nitro benzene ring substituents is 1. The van der Waals surface area contributed by atoms with Crippen LogP contribution in [0.2, 0.25) is 0 Å². The van der Waals surface area contributed by atoms with Gasteiger partial charge in [-0.05, 0) is 44.6 Å². The lowest BCUT2D eigenvalue weighted by Crippen LogP contribution is -2.04. The fourth-order valence-electron chi connectivity index (χ4n) is 0.948. The number of hydrogen-bond acceptors (Lipinski definition) is 3. The molecular weight excluding hydrogens is 351 g/mol. The third kappa shape index (κ3) is 2.18. The van der Waals surface area contributed by atoms with E-state index >= 15 is 0 Å². The van der Waals surface area contributed by atoms with Crippen molar-refractivity contribution in [2.75, 3.05) is 0 Å². The van der Waals surface area contributed by atoms with Gasteiger partial charge >= 0.3 is 0 Å². The summed E-state index contributed by atoms with van der Waals surface area (Å²) in [6, 6.07) is 3.10. The van der Waals surface area contributed by atoms with Crippen molar-refractivity contribution in [1.82, 2.24) is 0 Å². The lowest BCUT2D eigenvalue weighted by Gasteiger charge is -2.04. The summed E-state index contributed by atoms with van der Waals surface area (Å²) in [5.41, 5.74) is 6.08. The first-order chi connectivity index (χ1) is 6.07. The van der Waals surface area contributed by atoms with Gasteiger partial charge in [-0.3, -0.25) is 10.1 Å². The van der Waals surface area contributed by atoms with Crippen LogP contribution in [0, 0.1) is 13.7 Å². The molecule has 0 fully saturated rings. The van der Waals surface area contributed by atoms with Gasteiger partial charge in [-0.2, -0.15) is 0 Å². The molecule has 0 aromatic heterocycles. The van der Waals surface area contributed by atoms with E-state index in [0.717, 1.165) is 8.04 Å². The zero-order chi connectivity index (χ0) is 10.0. The number of benzene rings is 1. The normalized spacial score (nSPS) is 10.1. The third-order valence-corrected chi connectivity index (χ3v) is 4.21. The van der Waals surface area contributed by atoms with E-state index in [-0.39, 0.29) is 12.2 Å². The number of halogens is 2. The van der Waals surface area contributed by atoms with E-state index < -0.39 is 4.92 Å². The van der Waals surface area contributed by atoms with E-state index in [1.165, 1.54) is 6.07 Å². The number of rotatable bonds is 2. The molecule has 2 N–H and O–H groups in total. The molecular formula is C7H6BrIN2O2. The fourth-order valence-corrected chi connectivity index (χ4v) is 2.00. The lowest BCUT2D eigenvalue weighted by molar-refractivity contribution is -0.385. The van der Waals surface area contributed by atoms with Crippen molar-refractivity contribution in [3.8, 4) is 0 Å². The van der Waals surface area contributed by atoms with Crippen molar-refractivity contribution in [2.45, 2.75) is 6.54 Å². The van der Waals surface area contributed by atoms with Gasteiger partial charge in [-0.1, -0.05) is 0 Å². The summed E-state index contributed by atoms with van der Waals surface area (Å²) in [4.78, 5) is 10.2. The summed E-state index contributed by atoms with van der Waals surface area (Å²) in [5.74, 6) is 0. The van der Waals surface area contributed by atoms with Crippen molar-refractivity contribution < 1.29 is 4.92 Å². The number of hydrogen-bond donors (Lipinski definition) is 1. The lowest BCUT2D eigenvalue weighted by atomic mass is 10.2. The molecule has 0 aliphatic heterocycles. The number of nitrogens with zero attached hydrogens (tertiary/aromatic N) is 1. The van der Waals surface area contributed by atoms with Gasteiger partial charge in [0.15, 0.2) is 0 Å². The maximum absolute atomic E-state index is 10.6. The zero-order valence-corrected chi connectivity index (χ0v) is 10.2. The van der Waals surface area contributed by atoms with Crippen molar-refractivity contribution in [2.24, 2.45) is 5.73 Å². The van der Waals surface area contributed by atoms with Crippen LogP contribution in [0.3, 0.4) is 0 Å². The van der Waals surface area contributed by atoms with Gasteiger partial charge in [-0.25, -0.2) is 0 Å². The molecule has 0 saturated heterocycles. The van der Waals surface area contributed by atoms with Gasteiger partial charge < -0.3 is 5.73 Å². The fraction of sp³-hybridized carbons (Fsp3) is 0.143. The smallest absolute Gasteiger partial charge is 0.275 e. The molecule has 6 heteroatoms. The molecule has 4 nitrogen and oxygen atoms in total. The van der Waals surface area contributed by atoms with Crippen LogP contribution in [0.4, 0.5) is 5.69 Å². The Morgan fingerprint density at radius 1 is 1.62 bits per heavy atom. The van der Waals surface area contributed by atoms with E-state index in [9.17, 15) is 10.1 Å². The minimum Gasteiger partial charge on any atom is -0.326 e. The second-order valence-corrected chi connectivity index (χ2v) is 4.25. The van der Waals surface area contributed by atoms with Gasteiger partial charge in [0, 0.05) is 20.7 Å². The predicted molar refractivity (Wildman–Crippen MR) is 61.4 cm³/mol. The third-order valence-electron chi connectivity index (χ3n) is 1.57. The second-order valence-electron chi connectivity index (χ2n) is 2.32. The van der Waals surface area contributed by atoms with E-state index in [1.54, 1.807) is 6.07 Å². The molecule has 0 atom stereocenters. The first-order valence-corrected chi connectivity index (χ1v) is 5.26. The van der Waals surface area contributed by atoms with E-state index in [1.807, 2.05) is 22.6 Å². The van der Waals surface area contributed by atoms with Crippen LogP contribution < -0.4 is 5.73 Å². The van der Waals surface area contributed by atoms with Crippen molar-refractivity contribution in [3.63, 3.8) is 0 Å². The molecule has 0 spiro atoms. The Bertz CT molecular complexity index is 357. The van der Waals surface area contributed by atoms with Gasteiger partial charge in [0.2, 0.25) is 0 Å². The molecule has 1 aromatic rings. The molecule has 1 aromatic carbocycles. The van der Waals surface area contributed by atoms with Crippen LogP contribution in [-0.2, 0) is 6.54 Å². The van der Waals surface area contributed by atoms with Crippen LogP contribution in [0.25, 0.3) is 0 Å². The Morgan fingerprint density at radius 2 is 2.23 bits per heavy atom. The van der Waals surface area contributed by atoms with E-state index in [4.69, 9.17) is 5.73 Å². The number of nitrogens with two attached hydrogens (primary N) is 1. The molecule has 0 aliphatic rings. The van der Waals surface area contributed by atoms with Crippen molar-refractivity contribution in [3.05, 3.63) is 35.9 Å². The summed E-state index contributed by atoms with van der Waals surface area (Å²) in [7, 11) is 0. The summed E-state index contributed by atoms with van der Waals surface area (Å²) < 4.78 is 1.63. The second kappa shape index (κ2) is 4.34. The molecule has 0 aliphatic carbocycles. The highest BCUT2D eigenvalue weighted by molar-refractivity contribution is 14.1. The molecule has 0 radical (unpaired) electrons. The van der Waals surface area contributed by atoms with E-state index in [2.05, 4.69) is 15.9 Å². The average Bonchev–Trinajstić information content (AvgIpc) is 2.09. The highest BCUT2D eigenvalue weighted by Gasteiger charge is 2.16. The summed E-state index contributed by atoms with van der Waals surface area (Å²) in [6.07, 6.45) is 0. The minimum atomic E-state index is -0.420. The van der Waals surface area contributed by atoms with Crippen LogP contribution in [0.1, 0.15) is 5.56 Å². The molecule has 0 saturated carbocycles. The van der Waals surface area contributed by atoms with Crippen LogP contribution in [0.5, 0.6) is 0 Å². The standard InChI is InChI=1S/C7H6BrIN2O2/c8-5-1-2-6(11(12)13)4(3-10)7(5)9/h1-2H,3,10H2. The maximum atomic E-state index is 10.6. The Hall–Kier alpha value is -0.210. The van der Waals surface area contributed by atoms with Gasteiger partial charge in [0.1, 0.15) is 0 Å². The Labute approximate surface area is 96.9 Å². The maximum Gasteiger partial charge on any atom is 0.275 e. The van der Waals surface area contributed by atoms with E-state index in [0.29, 0.717) is 5.56 Å². The monoisotopic (exact) mass is 356 g/mol. The summed E-state index contributed by atoms with van der Waals surface area (Å²) >= 11 is 5.32. The van der Waals surface area contributed by atoms with Crippen LogP contribution in [0.15, 0.2) is 16.6 Å². The molecule has 13 heavy (non-hydrogen) atoms. The largest absolute Gasteiger partial charge is 0.326 e. The van der Waals surface area contributed by atoms with Gasteiger partial charge in [0.25, 0.3) is 5.69 Å². The Balaban J connectivity index is 3.38. The van der Waals surface area contributed by atoms with Crippen molar-refractivity contribution >= 4 is 44.2 Å². The zero-order valence-electron chi connectivity index (χ0n) is 6.46. The molecule has 0 unspecified atom stereocenters. The van der Waals surface area contributed by atoms with Crippen LogP contribution >= 0.6 is 38.5 Å². The van der Waals surface area contributed by atoms with Gasteiger partial charge in [-0.15, -0.1) is 0 Å². The topological polar surface area (TPSA) is 69.2 Å². The average molecular weight is 357 g/mol. The minimum absolute atomic E-state index is 0.0788. The highest BCUT2D eigenvalue weighted by atomic mass is 127. The Morgan fingerprint density at radius 3 is 2.69 bits per heavy atom. The van der Waals surface area contributed by atoms with Gasteiger partial charge in [0.05, 0.1) is 10.5 Å². The quantitative estimate of drug-likeness (QED) is 0.502. The highest BCUT2D eigenvalue weighted by Crippen LogP contribution is 2.29. The first-order valence-electron chi connectivity index (χ1n) is 3.39. The molecule has 1 rings (SSSR count). The SMILES string of the molecule is NCc1c([N+](=O)[O-])ccc(Br)c1I. The molecule has 0 bridgehead atoms. The van der Waals surface area contributed by atoms with Crippen LogP contribution in [-0.4, -0.2) is 4.92 Å². The van der Waals surface area contributed by atoms with Crippen molar-refractivity contribution in [1.29, 1.82) is 0 Å².